The minimum atomic E-state index is -0.507. The normalized spacial score (nSPS) is 18.9. The van der Waals surface area contributed by atoms with Crippen molar-refractivity contribution in [3.8, 4) is 0 Å². The van der Waals surface area contributed by atoms with Crippen molar-refractivity contribution in [2.24, 2.45) is 5.41 Å². The zero-order valence-electron chi connectivity index (χ0n) is 20.4. The SMILES string of the molecule is CCc1ccccc1NC(=O)CN1c2ccccc2NC2=C(C(=O)CC(C)(C)C2)[C@@H]1c1ccco1. The van der Waals surface area contributed by atoms with Gasteiger partial charge in [-0.1, -0.05) is 51.1 Å². The molecule has 2 aromatic carbocycles. The molecule has 3 aromatic rings. The summed E-state index contributed by atoms with van der Waals surface area (Å²) in [5.41, 5.74) is 5.05. The molecule has 0 bridgehead atoms. The maximum atomic E-state index is 13.6. The molecule has 0 saturated heterocycles. The lowest BCUT2D eigenvalue weighted by Crippen LogP contribution is -2.40. The molecule has 1 aliphatic heterocycles. The van der Waals surface area contributed by atoms with Crippen LogP contribution in [0.4, 0.5) is 17.1 Å². The smallest absolute Gasteiger partial charge is 0.243 e. The summed E-state index contributed by atoms with van der Waals surface area (Å²) in [5.74, 6) is 0.579. The number of nitrogens with one attached hydrogen (secondary N) is 2. The van der Waals surface area contributed by atoms with Crippen molar-refractivity contribution in [2.45, 2.75) is 46.1 Å². The maximum absolute atomic E-state index is 13.6. The lowest BCUT2D eigenvalue weighted by molar-refractivity contribution is -0.119. The summed E-state index contributed by atoms with van der Waals surface area (Å²) in [6.45, 7) is 6.37. The van der Waals surface area contributed by atoms with Crippen molar-refractivity contribution in [2.75, 3.05) is 22.1 Å². The summed E-state index contributed by atoms with van der Waals surface area (Å²) in [6, 6.07) is 18.9. The third-order valence-corrected chi connectivity index (χ3v) is 6.80. The molecule has 5 rings (SSSR count). The number of nitrogens with zero attached hydrogens (tertiary/aromatic N) is 1. The van der Waals surface area contributed by atoms with Crippen LogP contribution in [0, 0.1) is 5.41 Å². The first-order chi connectivity index (χ1) is 16.9. The standard InChI is InChI=1S/C29H31N3O3/c1-4-19-10-5-6-11-20(19)31-26(34)18-32-23-13-8-7-12-21(23)30-22-16-29(2,3)17-24(33)27(22)28(32)25-14-9-15-35-25/h5-15,28,30H,4,16-18H2,1-3H3,(H,31,34)/t28-/m0/s1. The van der Waals surface area contributed by atoms with Crippen molar-refractivity contribution < 1.29 is 14.0 Å². The third-order valence-electron chi connectivity index (χ3n) is 6.80. The van der Waals surface area contributed by atoms with E-state index in [9.17, 15) is 9.59 Å². The number of para-hydroxylation sites is 3. The Kier molecular flexibility index (Phi) is 5.97. The van der Waals surface area contributed by atoms with E-state index in [1.54, 1.807) is 6.26 Å². The van der Waals surface area contributed by atoms with Crippen LogP contribution in [0.15, 0.2) is 82.6 Å². The van der Waals surface area contributed by atoms with Gasteiger partial charge in [-0.05, 0) is 54.2 Å². The van der Waals surface area contributed by atoms with Gasteiger partial charge in [-0.3, -0.25) is 9.59 Å². The Labute approximate surface area is 206 Å². The first-order valence-electron chi connectivity index (χ1n) is 12.2. The molecule has 1 atom stereocenters. The molecule has 2 heterocycles. The summed E-state index contributed by atoms with van der Waals surface area (Å²) in [4.78, 5) is 29.0. The average Bonchev–Trinajstić information content (AvgIpc) is 3.31. The number of hydrogen-bond acceptors (Lipinski definition) is 5. The number of hydrogen-bond donors (Lipinski definition) is 2. The number of anilines is 3. The highest BCUT2D eigenvalue weighted by molar-refractivity contribution is 6.02. The number of amides is 1. The maximum Gasteiger partial charge on any atom is 0.243 e. The van der Waals surface area contributed by atoms with Gasteiger partial charge in [0.1, 0.15) is 11.8 Å². The minimum Gasteiger partial charge on any atom is -0.467 e. The fourth-order valence-corrected chi connectivity index (χ4v) is 5.26. The number of aryl methyl sites for hydroxylation is 1. The molecule has 0 fully saturated rings. The average molecular weight is 470 g/mol. The van der Waals surface area contributed by atoms with Crippen LogP contribution in [0.5, 0.6) is 0 Å². The van der Waals surface area contributed by atoms with Gasteiger partial charge in [0.15, 0.2) is 5.78 Å². The zero-order valence-corrected chi connectivity index (χ0v) is 20.4. The van der Waals surface area contributed by atoms with Crippen LogP contribution in [0.25, 0.3) is 0 Å². The number of carbonyl (C=O) groups is 2. The molecule has 1 amide bonds. The molecular weight excluding hydrogens is 438 g/mol. The first kappa shape index (κ1) is 23.0. The van der Waals surface area contributed by atoms with E-state index in [2.05, 4.69) is 31.4 Å². The highest BCUT2D eigenvalue weighted by Crippen LogP contribution is 2.48. The van der Waals surface area contributed by atoms with Crippen LogP contribution >= 0.6 is 0 Å². The molecule has 0 spiro atoms. The molecule has 1 aromatic heterocycles. The monoisotopic (exact) mass is 469 g/mol. The van der Waals surface area contributed by atoms with Crippen molar-refractivity contribution >= 4 is 28.8 Å². The summed E-state index contributed by atoms with van der Waals surface area (Å²) >= 11 is 0. The highest BCUT2D eigenvalue weighted by atomic mass is 16.3. The van der Waals surface area contributed by atoms with E-state index in [-0.39, 0.29) is 23.7 Å². The Bertz CT molecular complexity index is 1290. The van der Waals surface area contributed by atoms with Crippen LogP contribution in [0.3, 0.4) is 0 Å². The summed E-state index contributed by atoms with van der Waals surface area (Å²) in [5, 5.41) is 6.64. The molecule has 35 heavy (non-hydrogen) atoms. The molecule has 2 aliphatic rings. The first-order valence-corrected chi connectivity index (χ1v) is 12.2. The van der Waals surface area contributed by atoms with Crippen LogP contribution < -0.4 is 15.5 Å². The van der Waals surface area contributed by atoms with E-state index >= 15 is 0 Å². The van der Waals surface area contributed by atoms with Gasteiger partial charge >= 0.3 is 0 Å². The lowest BCUT2D eigenvalue weighted by atomic mass is 9.74. The van der Waals surface area contributed by atoms with Crippen molar-refractivity contribution in [3.63, 3.8) is 0 Å². The quantitative estimate of drug-likeness (QED) is 0.472. The zero-order chi connectivity index (χ0) is 24.6. The highest BCUT2D eigenvalue weighted by Gasteiger charge is 2.42. The number of fused-ring (bicyclic) bond motifs is 1. The number of rotatable bonds is 5. The van der Waals surface area contributed by atoms with E-state index in [0.717, 1.165) is 41.2 Å². The summed E-state index contributed by atoms with van der Waals surface area (Å²) in [7, 11) is 0. The third kappa shape index (κ3) is 4.48. The molecule has 2 N–H and O–H groups in total. The van der Waals surface area contributed by atoms with Crippen LogP contribution in [0.2, 0.25) is 0 Å². The van der Waals surface area contributed by atoms with E-state index in [4.69, 9.17) is 4.42 Å². The second-order valence-corrected chi connectivity index (χ2v) is 10.1. The Morgan fingerprint density at radius 3 is 2.63 bits per heavy atom. The fraction of sp³-hybridized carbons (Fsp3) is 0.310. The predicted octanol–water partition coefficient (Wildman–Crippen LogP) is 6.10. The van der Waals surface area contributed by atoms with Gasteiger partial charge in [-0.2, -0.15) is 0 Å². The number of ketones is 1. The number of Topliss-reactive ketones (excluding diaryl/α,β-unsaturated/α-hetero) is 1. The second-order valence-electron chi connectivity index (χ2n) is 10.1. The van der Waals surface area contributed by atoms with E-state index in [1.807, 2.05) is 65.6 Å². The van der Waals surface area contributed by atoms with Crippen molar-refractivity contribution in [3.05, 3.63) is 89.5 Å². The van der Waals surface area contributed by atoms with Crippen molar-refractivity contribution in [1.29, 1.82) is 0 Å². The molecule has 0 saturated carbocycles. The van der Waals surface area contributed by atoms with E-state index in [1.165, 1.54) is 0 Å². The largest absolute Gasteiger partial charge is 0.467 e. The van der Waals surface area contributed by atoms with E-state index in [0.29, 0.717) is 17.8 Å². The topological polar surface area (TPSA) is 74.6 Å². The number of allylic oxidation sites excluding steroid dienone is 1. The summed E-state index contributed by atoms with van der Waals surface area (Å²) < 4.78 is 5.87. The van der Waals surface area contributed by atoms with Gasteiger partial charge in [-0.25, -0.2) is 0 Å². The number of carbonyl (C=O) groups excluding carboxylic acids is 2. The second kappa shape index (κ2) is 9.10. The molecule has 6 heteroatoms. The molecule has 1 aliphatic carbocycles. The van der Waals surface area contributed by atoms with Gasteiger partial charge in [0.2, 0.25) is 5.91 Å². The Hall–Kier alpha value is -3.80. The molecule has 6 nitrogen and oxygen atoms in total. The molecule has 0 unspecified atom stereocenters. The number of benzene rings is 2. The van der Waals surface area contributed by atoms with Gasteiger partial charge in [0.25, 0.3) is 0 Å². The Morgan fingerprint density at radius 2 is 1.86 bits per heavy atom. The van der Waals surface area contributed by atoms with Gasteiger partial charge in [0.05, 0.1) is 24.2 Å². The summed E-state index contributed by atoms with van der Waals surface area (Å²) in [6.07, 6.45) is 3.63. The van der Waals surface area contributed by atoms with Crippen LogP contribution in [0.1, 0.15) is 51.0 Å². The Balaban J connectivity index is 1.59. The predicted molar refractivity (Wildman–Crippen MR) is 138 cm³/mol. The van der Waals surface area contributed by atoms with Gasteiger partial charge < -0.3 is 20.0 Å². The molecule has 0 radical (unpaired) electrons. The van der Waals surface area contributed by atoms with Crippen molar-refractivity contribution in [1.82, 2.24) is 0 Å². The minimum absolute atomic E-state index is 0.0650. The van der Waals surface area contributed by atoms with Gasteiger partial charge in [-0.15, -0.1) is 0 Å². The molecular formula is C29H31N3O3. The Morgan fingerprint density at radius 1 is 1.09 bits per heavy atom. The number of furan rings is 1. The van der Waals surface area contributed by atoms with Crippen LogP contribution in [-0.4, -0.2) is 18.2 Å². The lowest BCUT2D eigenvalue weighted by Gasteiger charge is -2.36. The van der Waals surface area contributed by atoms with Gasteiger partial charge in [0, 0.05) is 23.4 Å². The van der Waals surface area contributed by atoms with Crippen LogP contribution in [-0.2, 0) is 16.0 Å². The fourth-order valence-electron chi connectivity index (χ4n) is 5.26. The molecule has 180 valence electrons. The van der Waals surface area contributed by atoms with E-state index < -0.39 is 6.04 Å².